The summed E-state index contributed by atoms with van der Waals surface area (Å²) in [6.07, 6.45) is -4.50. The Labute approximate surface area is 92.5 Å². The van der Waals surface area contributed by atoms with Crippen LogP contribution in [0.1, 0.15) is 30.3 Å². The predicted octanol–water partition coefficient (Wildman–Crippen LogP) is 3.09. The summed E-state index contributed by atoms with van der Waals surface area (Å²) < 4.78 is 37.4. The van der Waals surface area contributed by atoms with Crippen LogP contribution in [0.15, 0.2) is 24.3 Å². The second-order valence-electron chi connectivity index (χ2n) is 2.90. The van der Waals surface area contributed by atoms with Gasteiger partial charge in [0.2, 0.25) is 0 Å². The number of nitrogens with one attached hydrogen (secondary N) is 1. The summed E-state index contributed by atoms with van der Waals surface area (Å²) in [7, 11) is 0. The summed E-state index contributed by atoms with van der Waals surface area (Å²) in [4.78, 5) is 11.3. The Hall–Kier alpha value is -1.52. The lowest BCUT2D eigenvalue weighted by atomic mass is 10.1. The van der Waals surface area contributed by atoms with Crippen molar-refractivity contribution in [3.05, 3.63) is 35.4 Å². The van der Waals surface area contributed by atoms with Crippen molar-refractivity contribution < 1.29 is 18.0 Å². The van der Waals surface area contributed by atoms with Gasteiger partial charge in [-0.2, -0.15) is 13.2 Å². The minimum atomic E-state index is -4.50. The van der Waals surface area contributed by atoms with Crippen molar-refractivity contribution in [2.45, 2.75) is 20.5 Å². The zero-order chi connectivity index (χ0) is 11.5. The van der Waals surface area contributed by atoms with E-state index in [1.807, 2.05) is 0 Å². The Morgan fingerprint density at radius 3 is 2.38 bits per heavy atom. The number of benzene rings is 1. The molecule has 0 aliphatic heterocycles. The lowest BCUT2D eigenvalue weighted by Crippen LogP contribution is -2.25. The summed E-state index contributed by atoms with van der Waals surface area (Å²) in [5.74, 6) is -0.703. The van der Waals surface area contributed by atoms with E-state index in [1.54, 1.807) is 6.92 Å². The number of carbonyl (C=O) groups is 1. The largest absolute Gasteiger partial charge is 0.417 e. The first-order chi connectivity index (χ1) is 6.96. The molecule has 0 saturated carbocycles. The molecule has 1 N–H and O–H groups in total. The molecule has 0 aliphatic rings. The van der Waals surface area contributed by atoms with Crippen LogP contribution < -0.4 is 5.32 Å². The molecule has 1 aromatic carbocycles. The number of alkyl halides is 3. The number of halogens is 3. The van der Waals surface area contributed by atoms with Crippen molar-refractivity contribution in [3.8, 4) is 0 Å². The first-order valence-electron chi connectivity index (χ1n) is 4.41. The van der Waals surface area contributed by atoms with Crippen molar-refractivity contribution in [1.29, 1.82) is 0 Å². The summed E-state index contributed by atoms with van der Waals surface area (Å²) in [5.41, 5.74) is -1.25. The van der Waals surface area contributed by atoms with E-state index in [0.717, 1.165) is 12.1 Å². The quantitative estimate of drug-likeness (QED) is 0.835. The number of amides is 1. The van der Waals surface area contributed by atoms with Crippen molar-refractivity contribution in [1.82, 2.24) is 5.32 Å². The average molecular weight is 233 g/mol. The predicted molar refractivity (Wildman–Crippen MR) is 56.2 cm³/mol. The first kappa shape index (κ1) is 14.5. The number of hydrogen-bond donors (Lipinski definition) is 1. The van der Waals surface area contributed by atoms with E-state index < -0.39 is 17.6 Å². The Bertz CT molecular complexity index is 360. The van der Waals surface area contributed by atoms with Crippen molar-refractivity contribution in [3.63, 3.8) is 0 Å². The molecule has 0 unspecified atom stereocenters. The van der Waals surface area contributed by atoms with Gasteiger partial charge in [-0.05, 0) is 19.1 Å². The maximum absolute atomic E-state index is 12.5. The van der Waals surface area contributed by atoms with Gasteiger partial charge in [0.15, 0.2) is 0 Å². The monoisotopic (exact) mass is 233 g/mol. The van der Waals surface area contributed by atoms with Gasteiger partial charge in [-0.3, -0.25) is 4.79 Å². The molecule has 90 valence electrons. The van der Waals surface area contributed by atoms with E-state index in [4.69, 9.17) is 0 Å². The molecular weight excluding hydrogens is 219 g/mol. The molecule has 0 aromatic heterocycles. The van der Waals surface area contributed by atoms with Crippen LogP contribution in [0.5, 0.6) is 0 Å². The van der Waals surface area contributed by atoms with E-state index in [1.165, 1.54) is 12.1 Å². The Balaban J connectivity index is 0.00000225. The van der Waals surface area contributed by atoms with Crippen LogP contribution in [0, 0.1) is 0 Å². The smallest absolute Gasteiger partial charge is 0.352 e. The number of rotatable bonds is 2. The summed E-state index contributed by atoms with van der Waals surface area (Å²) >= 11 is 0. The fourth-order valence-electron chi connectivity index (χ4n) is 1.18. The van der Waals surface area contributed by atoms with Gasteiger partial charge in [0.25, 0.3) is 5.91 Å². The zero-order valence-corrected chi connectivity index (χ0v) is 8.06. The maximum atomic E-state index is 12.5. The average Bonchev–Trinajstić information content (AvgIpc) is 2.17. The molecule has 0 bridgehead atoms. The Kier molecular flexibility index (Phi) is 5.01. The van der Waals surface area contributed by atoms with Gasteiger partial charge >= 0.3 is 6.18 Å². The number of carbonyl (C=O) groups excluding carboxylic acids is 1. The lowest BCUT2D eigenvalue weighted by Gasteiger charge is -2.11. The highest BCUT2D eigenvalue weighted by Gasteiger charge is 2.34. The van der Waals surface area contributed by atoms with E-state index in [9.17, 15) is 18.0 Å². The molecule has 5 heteroatoms. The summed E-state index contributed by atoms with van der Waals surface area (Å²) in [6, 6.07) is 4.71. The van der Waals surface area contributed by atoms with Crippen LogP contribution in [0.25, 0.3) is 0 Å². The molecule has 1 amide bonds. The van der Waals surface area contributed by atoms with E-state index in [2.05, 4.69) is 5.32 Å². The second-order valence-corrected chi connectivity index (χ2v) is 2.90. The highest BCUT2D eigenvalue weighted by atomic mass is 19.4. The molecule has 0 spiro atoms. The van der Waals surface area contributed by atoms with Gasteiger partial charge in [-0.1, -0.05) is 19.6 Å². The van der Waals surface area contributed by atoms with Gasteiger partial charge in [-0.15, -0.1) is 0 Å². The van der Waals surface area contributed by atoms with Crippen LogP contribution in [-0.2, 0) is 6.18 Å². The third-order valence-electron chi connectivity index (χ3n) is 1.81. The molecule has 0 atom stereocenters. The number of hydrogen-bond acceptors (Lipinski definition) is 1. The fourth-order valence-corrected chi connectivity index (χ4v) is 1.18. The molecule has 0 aliphatic carbocycles. The van der Waals surface area contributed by atoms with E-state index in [0.29, 0.717) is 6.54 Å². The van der Waals surface area contributed by atoms with Crippen molar-refractivity contribution in [2.75, 3.05) is 6.54 Å². The van der Waals surface area contributed by atoms with E-state index in [-0.39, 0.29) is 13.0 Å². The van der Waals surface area contributed by atoms with Gasteiger partial charge in [0.1, 0.15) is 0 Å². The minimum absolute atomic E-state index is 0. The SMILES string of the molecule is C.CCNC(=O)c1ccccc1C(F)(F)F. The van der Waals surface area contributed by atoms with E-state index >= 15 is 0 Å². The van der Waals surface area contributed by atoms with Crippen molar-refractivity contribution in [2.24, 2.45) is 0 Å². The fraction of sp³-hybridized carbons (Fsp3) is 0.364. The van der Waals surface area contributed by atoms with Crippen LogP contribution in [-0.4, -0.2) is 12.5 Å². The van der Waals surface area contributed by atoms with Gasteiger partial charge in [0, 0.05) is 6.54 Å². The molecule has 1 aromatic rings. The zero-order valence-electron chi connectivity index (χ0n) is 8.06. The Morgan fingerprint density at radius 2 is 1.88 bits per heavy atom. The van der Waals surface area contributed by atoms with Crippen molar-refractivity contribution >= 4 is 5.91 Å². The third kappa shape index (κ3) is 3.25. The van der Waals surface area contributed by atoms with Crippen LogP contribution in [0.4, 0.5) is 13.2 Å². The molecule has 1 rings (SSSR count). The molecule has 0 saturated heterocycles. The molecule has 0 radical (unpaired) electrons. The molecule has 16 heavy (non-hydrogen) atoms. The van der Waals surface area contributed by atoms with Crippen LogP contribution in [0.3, 0.4) is 0 Å². The maximum Gasteiger partial charge on any atom is 0.417 e. The normalized spacial score (nSPS) is 10.5. The van der Waals surface area contributed by atoms with Gasteiger partial charge < -0.3 is 5.32 Å². The van der Waals surface area contributed by atoms with Gasteiger partial charge in [-0.25, -0.2) is 0 Å². The first-order valence-corrected chi connectivity index (χ1v) is 4.41. The van der Waals surface area contributed by atoms with Crippen LogP contribution in [0.2, 0.25) is 0 Å². The molecule has 0 fully saturated rings. The standard InChI is InChI=1S/C10H10F3NO.CH4/c1-2-14-9(15)7-5-3-4-6-8(7)10(11,12)13;/h3-6H,2H2,1H3,(H,14,15);1H4. The highest BCUT2D eigenvalue weighted by Crippen LogP contribution is 2.31. The lowest BCUT2D eigenvalue weighted by molar-refractivity contribution is -0.137. The molecule has 2 nitrogen and oxygen atoms in total. The Morgan fingerprint density at radius 1 is 1.31 bits per heavy atom. The van der Waals surface area contributed by atoms with Crippen LogP contribution >= 0.6 is 0 Å². The molecule has 0 heterocycles. The highest BCUT2D eigenvalue weighted by molar-refractivity contribution is 5.95. The third-order valence-corrected chi connectivity index (χ3v) is 1.81. The second kappa shape index (κ2) is 5.53. The summed E-state index contributed by atoms with van der Waals surface area (Å²) in [5, 5.41) is 2.34. The van der Waals surface area contributed by atoms with Gasteiger partial charge in [0.05, 0.1) is 11.1 Å². The molecular formula is C11H14F3NO. The topological polar surface area (TPSA) is 29.1 Å². The minimum Gasteiger partial charge on any atom is -0.352 e. The summed E-state index contributed by atoms with van der Waals surface area (Å²) in [6.45, 7) is 1.94.